The largest absolute Gasteiger partial charge is 0.492 e. The Balaban J connectivity index is 0.00000122. The van der Waals surface area contributed by atoms with Gasteiger partial charge in [-0.05, 0) is 61.4 Å². The Morgan fingerprint density at radius 2 is 1.61 bits per heavy atom. The number of benzene rings is 1. The van der Waals surface area contributed by atoms with Crippen LogP contribution >= 0.6 is 0 Å². The lowest BCUT2D eigenvalue weighted by Gasteiger charge is -2.20. The van der Waals surface area contributed by atoms with Gasteiger partial charge >= 0.3 is 0 Å². The summed E-state index contributed by atoms with van der Waals surface area (Å²) in [6.07, 6.45) is 10.6. The number of hydrogen-bond acceptors (Lipinski definition) is 3. The van der Waals surface area contributed by atoms with E-state index in [0.29, 0.717) is 25.0 Å². The van der Waals surface area contributed by atoms with Crippen LogP contribution in [0.5, 0.6) is 5.75 Å². The van der Waals surface area contributed by atoms with E-state index < -0.39 is 0 Å². The summed E-state index contributed by atoms with van der Waals surface area (Å²) >= 11 is 0. The Morgan fingerprint density at radius 1 is 0.929 bits per heavy atom. The molecule has 0 spiro atoms. The summed E-state index contributed by atoms with van der Waals surface area (Å²) in [6, 6.07) is 8.37. The Bertz CT molecular complexity index is 574. The van der Waals surface area contributed by atoms with Crippen molar-refractivity contribution in [2.45, 2.75) is 79.4 Å². The van der Waals surface area contributed by atoms with E-state index in [2.05, 4.69) is 58.9 Å². The van der Waals surface area contributed by atoms with Crippen LogP contribution in [0.4, 0.5) is 0 Å². The van der Waals surface area contributed by atoms with E-state index in [1.54, 1.807) is 0 Å². The average molecular weight is 389 g/mol. The summed E-state index contributed by atoms with van der Waals surface area (Å²) < 4.78 is 17.1. The highest BCUT2D eigenvalue weighted by Gasteiger charge is 2.13. The first kappa shape index (κ1) is 24.3. The van der Waals surface area contributed by atoms with Gasteiger partial charge in [0.15, 0.2) is 6.29 Å². The molecule has 3 heteroatoms. The van der Waals surface area contributed by atoms with Gasteiger partial charge in [0.25, 0.3) is 0 Å². The van der Waals surface area contributed by atoms with Gasteiger partial charge < -0.3 is 14.2 Å². The molecule has 0 heterocycles. The zero-order chi connectivity index (χ0) is 20.8. The molecule has 0 amide bonds. The van der Waals surface area contributed by atoms with Crippen molar-refractivity contribution in [2.75, 3.05) is 13.2 Å². The number of hydrogen-bond donors (Lipinski definition) is 0. The predicted octanol–water partition coefficient (Wildman–Crippen LogP) is 7.24. The van der Waals surface area contributed by atoms with Crippen molar-refractivity contribution in [3.63, 3.8) is 0 Å². The van der Waals surface area contributed by atoms with Gasteiger partial charge in [-0.15, -0.1) is 0 Å². The zero-order valence-electron chi connectivity index (χ0n) is 18.7. The number of rotatable bonds is 10. The van der Waals surface area contributed by atoms with E-state index in [0.717, 1.165) is 24.4 Å². The summed E-state index contributed by atoms with van der Waals surface area (Å²) in [4.78, 5) is 0. The second-order valence-corrected chi connectivity index (χ2v) is 7.44. The molecule has 0 aromatic heterocycles. The highest BCUT2D eigenvalue weighted by Crippen LogP contribution is 2.27. The minimum Gasteiger partial charge on any atom is -0.492 e. The maximum Gasteiger partial charge on any atom is 0.197 e. The minimum absolute atomic E-state index is 0.294. The summed E-state index contributed by atoms with van der Waals surface area (Å²) in [7, 11) is 0. The van der Waals surface area contributed by atoms with Gasteiger partial charge in [0.05, 0.1) is 6.61 Å². The summed E-state index contributed by atoms with van der Waals surface area (Å²) in [6.45, 7) is 14.0. The molecule has 2 rings (SSSR count). The molecule has 0 radical (unpaired) electrons. The van der Waals surface area contributed by atoms with Crippen molar-refractivity contribution < 1.29 is 14.2 Å². The quantitative estimate of drug-likeness (QED) is 0.312. The van der Waals surface area contributed by atoms with Gasteiger partial charge in [-0.1, -0.05) is 65.7 Å². The third-order valence-corrected chi connectivity index (χ3v) is 4.87. The molecule has 1 aromatic carbocycles. The normalized spacial score (nSPS) is 16.3. The third kappa shape index (κ3) is 9.45. The van der Waals surface area contributed by atoms with Crippen LogP contribution in [0.1, 0.15) is 78.7 Å². The van der Waals surface area contributed by atoms with Crippen LogP contribution in [0.25, 0.3) is 0 Å². The van der Waals surface area contributed by atoms with Crippen LogP contribution < -0.4 is 4.74 Å². The molecule has 3 unspecified atom stereocenters. The topological polar surface area (TPSA) is 27.7 Å². The monoisotopic (exact) mass is 388 g/mol. The second-order valence-electron chi connectivity index (χ2n) is 7.44. The van der Waals surface area contributed by atoms with Crippen LogP contribution in [-0.2, 0) is 9.47 Å². The first-order valence-corrected chi connectivity index (χ1v) is 10.9. The van der Waals surface area contributed by atoms with Gasteiger partial charge in [-0.2, -0.15) is 0 Å². The molecule has 3 atom stereocenters. The SMILES string of the molecule is CCC.CCC(C)C(C)c1ccc(OC(C)OCCOC2=CCCC=C2)cc1. The molecule has 1 aliphatic rings. The lowest BCUT2D eigenvalue weighted by molar-refractivity contribution is -0.0781. The molecule has 1 aliphatic carbocycles. The van der Waals surface area contributed by atoms with Crippen LogP contribution in [0, 0.1) is 5.92 Å². The predicted molar refractivity (Wildman–Crippen MR) is 119 cm³/mol. The van der Waals surface area contributed by atoms with Crippen LogP contribution in [-0.4, -0.2) is 19.5 Å². The van der Waals surface area contributed by atoms with E-state index in [4.69, 9.17) is 14.2 Å². The molecular weight excluding hydrogens is 348 g/mol. The number of allylic oxidation sites excluding steroid dienone is 3. The smallest absolute Gasteiger partial charge is 0.197 e. The summed E-state index contributed by atoms with van der Waals surface area (Å²) in [5.74, 6) is 3.03. The van der Waals surface area contributed by atoms with E-state index in [9.17, 15) is 0 Å². The first-order chi connectivity index (χ1) is 13.5. The maximum absolute atomic E-state index is 5.82. The van der Waals surface area contributed by atoms with Crippen molar-refractivity contribution in [3.8, 4) is 5.75 Å². The summed E-state index contributed by atoms with van der Waals surface area (Å²) in [5, 5.41) is 0. The van der Waals surface area contributed by atoms with E-state index in [-0.39, 0.29) is 6.29 Å². The highest BCUT2D eigenvalue weighted by molar-refractivity contribution is 5.29. The van der Waals surface area contributed by atoms with E-state index >= 15 is 0 Å². The van der Waals surface area contributed by atoms with Gasteiger partial charge in [0.1, 0.15) is 18.1 Å². The van der Waals surface area contributed by atoms with Crippen molar-refractivity contribution in [1.82, 2.24) is 0 Å². The molecule has 1 aromatic rings. The van der Waals surface area contributed by atoms with Crippen molar-refractivity contribution >= 4 is 0 Å². The van der Waals surface area contributed by atoms with Crippen molar-refractivity contribution in [3.05, 3.63) is 53.8 Å². The van der Waals surface area contributed by atoms with Gasteiger partial charge in [-0.25, -0.2) is 0 Å². The number of ether oxygens (including phenoxy) is 3. The third-order valence-electron chi connectivity index (χ3n) is 4.87. The fourth-order valence-corrected chi connectivity index (χ4v) is 2.83. The maximum atomic E-state index is 5.82. The average Bonchev–Trinajstić information content (AvgIpc) is 2.72. The Hall–Kier alpha value is -1.74. The minimum atomic E-state index is -0.294. The van der Waals surface area contributed by atoms with Crippen LogP contribution in [0.15, 0.2) is 48.3 Å². The fraction of sp³-hybridized carbons (Fsp3) is 0.600. The highest BCUT2D eigenvalue weighted by atomic mass is 16.7. The lowest BCUT2D eigenvalue weighted by Crippen LogP contribution is -2.19. The molecule has 0 N–H and O–H groups in total. The van der Waals surface area contributed by atoms with Gasteiger partial charge in [0, 0.05) is 0 Å². The molecule has 28 heavy (non-hydrogen) atoms. The van der Waals surface area contributed by atoms with Crippen LogP contribution in [0.2, 0.25) is 0 Å². The molecule has 0 saturated carbocycles. The molecule has 0 saturated heterocycles. The molecule has 158 valence electrons. The second kappa shape index (κ2) is 14.3. The zero-order valence-corrected chi connectivity index (χ0v) is 18.7. The Morgan fingerprint density at radius 3 is 2.18 bits per heavy atom. The van der Waals surface area contributed by atoms with Crippen LogP contribution in [0.3, 0.4) is 0 Å². The van der Waals surface area contributed by atoms with Gasteiger partial charge in [-0.3, -0.25) is 0 Å². The van der Waals surface area contributed by atoms with E-state index in [1.807, 2.05) is 25.1 Å². The molecule has 0 fully saturated rings. The lowest BCUT2D eigenvalue weighted by atomic mass is 9.87. The Kier molecular flexibility index (Phi) is 12.4. The standard InChI is InChI=1S/C22H32O3.C3H8/c1-5-17(2)18(3)20-11-13-22(14-12-20)25-19(4)23-15-16-24-21-9-7-6-8-10-21;1-3-2/h7,9-14,17-19H,5-6,8,15-16H2,1-4H3;3H2,1-2H3. The first-order valence-electron chi connectivity index (χ1n) is 10.9. The molecule has 0 aliphatic heterocycles. The Labute approximate surface area is 172 Å². The van der Waals surface area contributed by atoms with Crippen molar-refractivity contribution in [1.29, 1.82) is 0 Å². The van der Waals surface area contributed by atoms with E-state index in [1.165, 1.54) is 18.4 Å². The fourth-order valence-electron chi connectivity index (χ4n) is 2.83. The van der Waals surface area contributed by atoms with Crippen molar-refractivity contribution in [2.24, 2.45) is 5.92 Å². The molecular formula is C25H40O3. The summed E-state index contributed by atoms with van der Waals surface area (Å²) in [5.41, 5.74) is 1.36. The van der Waals surface area contributed by atoms with Gasteiger partial charge in [0.2, 0.25) is 0 Å². The molecule has 0 bridgehead atoms. The molecule has 3 nitrogen and oxygen atoms in total.